The van der Waals surface area contributed by atoms with E-state index in [4.69, 9.17) is 0 Å². The molecule has 25 heavy (non-hydrogen) atoms. The fraction of sp³-hybridized carbons (Fsp3) is 0. The summed E-state index contributed by atoms with van der Waals surface area (Å²) in [6.45, 7) is 0. The van der Waals surface area contributed by atoms with Gasteiger partial charge >= 0.3 is 23.1 Å². The van der Waals surface area contributed by atoms with Crippen molar-refractivity contribution in [2.24, 2.45) is 0 Å². The van der Waals surface area contributed by atoms with E-state index in [2.05, 4.69) is 39.9 Å². The van der Waals surface area contributed by atoms with Crippen LogP contribution < -0.4 is 9.97 Å². The van der Waals surface area contributed by atoms with Gasteiger partial charge < -0.3 is 24.9 Å². The molecule has 0 unspecified atom stereocenters. The second-order valence-corrected chi connectivity index (χ2v) is 5.09. The molecule has 0 amide bonds. The van der Waals surface area contributed by atoms with Gasteiger partial charge in [0.1, 0.15) is 0 Å². The molecule has 5 heterocycles. The molecule has 0 saturated heterocycles. The van der Waals surface area contributed by atoms with Gasteiger partial charge in [0.05, 0.1) is 11.6 Å². The van der Waals surface area contributed by atoms with E-state index in [0.717, 1.165) is 0 Å². The van der Waals surface area contributed by atoms with E-state index < -0.39 is 0 Å². The minimum Gasteiger partial charge on any atom is -0.358 e. The Morgan fingerprint density at radius 3 is 1.16 bits per heavy atom. The first-order valence-electron chi connectivity index (χ1n) is 7.22. The minimum absolute atomic E-state index is 0. The summed E-state index contributed by atoms with van der Waals surface area (Å²) in [6.07, 6.45) is 7.12. The monoisotopic (exact) mass is 336 g/mol. The van der Waals surface area contributed by atoms with Crippen molar-refractivity contribution in [2.45, 2.75) is 0 Å². The maximum absolute atomic E-state index is 4.37. The van der Waals surface area contributed by atoms with Gasteiger partial charge in [-0.1, -0.05) is 0 Å². The molecule has 0 aromatic carbocycles. The number of nitrogens with zero attached hydrogens (tertiary/aromatic N) is 8. The summed E-state index contributed by atoms with van der Waals surface area (Å²) in [7, 11) is 0. The molecule has 5 rings (SSSR count). The van der Waals surface area contributed by atoms with E-state index in [1.165, 1.54) is 0 Å². The fourth-order valence-electron chi connectivity index (χ4n) is 2.33. The van der Waals surface area contributed by atoms with E-state index >= 15 is 0 Å². The van der Waals surface area contributed by atoms with Crippen LogP contribution in [0.3, 0.4) is 0 Å². The summed E-state index contributed by atoms with van der Waals surface area (Å²) in [5.41, 5.74) is 2.15. The van der Waals surface area contributed by atoms with Crippen molar-refractivity contribution in [1.82, 2.24) is 39.9 Å². The molecule has 0 N–H and O–H groups in total. The van der Waals surface area contributed by atoms with E-state index in [9.17, 15) is 0 Å². The Morgan fingerprint density at radius 1 is 0.440 bits per heavy atom. The van der Waals surface area contributed by atoms with Gasteiger partial charge in [0.25, 0.3) is 0 Å². The van der Waals surface area contributed by atoms with Gasteiger partial charge in [-0.3, -0.25) is 0 Å². The molecule has 0 saturated carbocycles. The molecule has 9 heteroatoms. The molecule has 114 valence electrons. The number of fused-ring (bicyclic) bond motifs is 8. The second kappa shape index (κ2) is 6.19. The predicted molar refractivity (Wildman–Crippen MR) is 93.7 cm³/mol. The molecule has 2 aliphatic rings. The molecule has 3 aromatic rings. The van der Waals surface area contributed by atoms with Gasteiger partial charge in [0.15, 0.2) is 11.6 Å². The van der Waals surface area contributed by atoms with Gasteiger partial charge in [-0.25, -0.2) is 15.0 Å². The van der Waals surface area contributed by atoms with E-state index in [1.54, 1.807) is 48.6 Å². The Hall–Kier alpha value is -2.91. The average molecular weight is 337 g/mol. The van der Waals surface area contributed by atoms with Crippen LogP contribution in [-0.2, 0) is 0 Å². The Balaban J connectivity index is 0.00000157. The van der Waals surface area contributed by atoms with Crippen molar-refractivity contribution < 1.29 is 0 Å². The standard InChI is InChI=1S/C16H8N8.Mg/c1-2-10-17-9(1)21-11-3-4-13(18-11)23-15-7-8-16(20-15)24-14-6-5-12(19-14)22-10;/h1-8H;/q-2;+2. The number of hydrogen-bond donors (Lipinski definition) is 0. The first-order valence-corrected chi connectivity index (χ1v) is 7.22. The third kappa shape index (κ3) is 3.19. The Bertz CT molecular complexity index is 1080. The second-order valence-electron chi connectivity index (χ2n) is 5.09. The van der Waals surface area contributed by atoms with Crippen molar-refractivity contribution in [3.63, 3.8) is 0 Å². The summed E-state index contributed by atoms with van der Waals surface area (Å²) in [5, 5.41) is 0. The van der Waals surface area contributed by atoms with Crippen LogP contribution in [0.4, 0.5) is 0 Å². The smallest absolute Gasteiger partial charge is 0.358 e. The maximum Gasteiger partial charge on any atom is 2.00 e. The van der Waals surface area contributed by atoms with Gasteiger partial charge in [0.2, 0.25) is 0 Å². The quantitative estimate of drug-likeness (QED) is 0.387. The normalized spacial score (nSPS) is 12.2. The van der Waals surface area contributed by atoms with Crippen molar-refractivity contribution in [1.29, 1.82) is 0 Å². The first kappa shape index (κ1) is 15.6. The van der Waals surface area contributed by atoms with Gasteiger partial charge in [0, 0.05) is 22.6 Å². The minimum atomic E-state index is 0. The van der Waals surface area contributed by atoms with E-state index in [0.29, 0.717) is 45.9 Å². The molecule has 3 aromatic heterocycles. The zero-order valence-electron chi connectivity index (χ0n) is 12.9. The van der Waals surface area contributed by atoms with Crippen LogP contribution in [0.5, 0.6) is 0 Å². The Morgan fingerprint density at radius 2 is 0.760 bits per heavy atom. The van der Waals surface area contributed by atoms with Crippen molar-refractivity contribution >= 4 is 69.9 Å². The molecule has 8 bridgehead atoms. The third-order valence-electron chi connectivity index (χ3n) is 3.36. The maximum atomic E-state index is 4.37. The van der Waals surface area contributed by atoms with Crippen molar-refractivity contribution in [3.05, 3.63) is 47.6 Å². The summed E-state index contributed by atoms with van der Waals surface area (Å²) in [6, 6.07) is 7.12. The predicted octanol–water partition coefficient (Wildman–Crippen LogP) is 1.11. The average Bonchev–Trinajstić information content (AvgIpc) is 3.32. The van der Waals surface area contributed by atoms with Crippen LogP contribution in [0.25, 0.3) is 46.9 Å². The summed E-state index contributed by atoms with van der Waals surface area (Å²) < 4.78 is 0. The summed E-state index contributed by atoms with van der Waals surface area (Å²) >= 11 is 0. The van der Waals surface area contributed by atoms with Gasteiger partial charge in [-0.15, -0.1) is 0 Å². The fourth-order valence-corrected chi connectivity index (χ4v) is 2.33. The largest absolute Gasteiger partial charge is 2.00 e. The van der Waals surface area contributed by atoms with Crippen molar-refractivity contribution in [3.8, 4) is 0 Å². The first-order chi connectivity index (χ1) is 11.8. The third-order valence-corrected chi connectivity index (χ3v) is 3.36. The van der Waals surface area contributed by atoms with Crippen molar-refractivity contribution in [2.75, 3.05) is 0 Å². The summed E-state index contributed by atoms with van der Waals surface area (Å²) in [4.78, 5) is 34.8. The molecule has 0 spiro atoms. The Labute approximate surface area is 157 Å². The van der Waals surface area contributed by atoms with Crippen LogP contribution in [0.15, 0.2) is 24.3 Å². The molecule has 0 fully saturated rings. The molecule has 0 radical (unpaired) electrons. The zero-order chi connectivity index (χ0) is 15.9. The number of aromatic nitrogens is 8. The van der Waals surface area contributed by atoms with Gasteiger partial charge in [-0.05, 0) is 48.6 Å². The van der Waals surface area contributed by atoms with Crippen LogP contribution in [0.2, 0.25) is 0 Å². The molecular formula is C16H8MgN8. The zero-order valence-corrected chi connectivity index (χ0v) is 14.3. The van der Waals surface area contributed by atoms with Crippen LogP contribution in [-0.4, -0.2) is 53.0 Å². The molecular weight excluding hydrogens is 329 g/mol. The molecule has 2 aliphatic heterocycles. The number of hydrogen-bond acceptors (Lipinski definition) is 6. The van der Waals surface area contributed by atoms with E-state index in [-0.39, 0.29) is 23.1 Å². The van der Waals surface area contributed by atoms with Crippen LogP contribution >= 0.6 is 0 Å². The van der Waals surface area contributed by atoms with Gasteiger partial charge in [-0.2, -0.15) is 0 Å². The summed E-state index contributed by atoms with van der Waals surface area (Å²) in [5.74, 6) is 2.15. The number of rotatable bonds is 0. The van der Waals surface area contributed by atoms with Crippen LogP contribution in [0, 0.1) is 0 Å². The molecule has 8 nitrogen and oxygen atoms in total. The topological polar surface area (TPSA) is 106 Å². The molecule has 0 aliphatic carbocycles. The SMILES string of the molecule is C1=Cc2nc1nc1nc(nc3ccc(nc4ccc(n2)[n-]4)[n-]3)C=C1.[Mg+2]. The Kier molecular flexibility index (Phi) is 3.86. The van der Waals surface area contributed by atoms with Crippen LogP contribution in [0.1, 0.15) is 23.3 Å². The van der Waals surface area contributed by atoms with E-state index in [1.807, 2.05) is 0 Å². The molecule has 0 atom stereocenters.